The van der Waals surface area contributed by atoms with Gasteiger partial charge in [0.15, 0.2) is 0 Å². The highest BCUT2D eigenvalue weighted by molar-refractivity contribution is 5.94. The van der Waals surface area contributed by atoms with Crippen LogP contribution in [-0.4, -0.2) is 42.9 Å². The van der Waals surface area contributed by atoms with E-state index in [1.54, 1.807) is 17.0 Å². The van der Waals surface area contributed by atoms with Crippen LogP contribution in [0.15, 0.2) is 48.5 Å². The van der Waals surface area contributed by atoms with Crippen LogP contribution in [-0.2, 0) is 4.79 Å². The highest BCUT2D eigenvalue weighted by atomic mass is 19.1. The predicted molar refractivity (Wildman–Crippen MR) is 104 cm³/mol. The normalized spacial score (nSPS) is 14.1. The average molecular weight is 369 g/mol. The minimum absolute atomic E-state index is 0.0190. The molecule has 2 amide bonds. The molecule has 2 aromatic rings. The summed E-state index contributed by atoms with van der Waals surface area (Å²) in [6.07, 6.45) is 1.33. The van der Waals surface area contributed by atoms with Gasteiger partial charge in [-0.1, -0.05) is 19.1 Å². The molecule has 3 rings (SSSR count). The molecule has 0 radical (unpaired) electrons. The summed E-state index contributed by atoms with van der Waals surface area (Å²) in [7, 11) is 0. The number of anilines is 2. The van der Waals surface area contributed by atoms with Gasteiger partial charge in [0.05, 0.1) is 5.56 Å². The van der Waals surface area contributed by atoms with Crippen LogP contribution in [0.2, 0.25) is 0 Å². The molecule has 0 atom stereocenters. The van der Waals surface area contributed by atoms with Crippen LogP contribution in [0, 0.1) is 5.82 Å². The highest BCUT2D eigenvalue weighted by Crippen LogP contribution is 2.21. The van der Waals surface area contributed by atoms with Gasteiger partial charge in [-0.25, -0.2) is 4.39 Å². The molecule has 1 aliphatic rings. The summed E-state index contributed by atoms with van der Waals surface area (Å²) in [6, 6.07) is 13.8. The zero-order valence-corrected chi connectivity index (χ0v) is 15.5. The molecule has 27 heavy (non-hydrogen) atoms. The van der Waals surface area contributed by atoms with E-state index in [1.807, 2.05) is 31.2 Å². The first kappa shape index (κ1) is 18.9. The summed E-state index contributed by atoms with van der Waals surface area (Å²) < 4.78 is 13.8. The van der Waals surface area contributed by atoms with Crippen molar-refractivity contribution in [3.05, 3.63) is 59.9 Å². The first-order valence-corrected chi connectivity index (χ1v) is 9.27. The van der Waals surface area contributed by atoms with Gasteiger partial charge in [-0.05, 0) is 42.8 Å². The number of hydrogen-bond acceptors (Lipinski definition) is 3. The van der Waals surface area contributed by atoms with E-state index in [0.717, 1.165) is 17.8 Å². The Labute approximate surface area is 158 Å². The Morgan fingerprint density at radius 1 is 1.00 bits per heavy atom. The Morgan fingerprint density at radius 2 is 1.67 bits per heavy atom. The van der Waals surface area contributed by atoms with Crippen LogP contribution < -0.4 is 10.2 Å². The van der Waals surface area contributed by atoms with Gasteiger partial charge in [-0.2, -0.15) is 0 Å². The van der Waals surface area contributed by atoms with Crippen molar-refractivity contribution in [2.75, 3.05) is 36.4 Å². The number of carbonyl (C=O) groups excluding carboxylic acids is 2. The summed E-state index contributed by atoms with van der Waals surface area (Å²) in [5.74, 6) is -0.724. The Hall–Kier alpha value is -2.89. The van der Waals surface area contributed by atoms with Gasteiger partial charge < -0.3 is 15.1 Å². The lowest BCUT2D eigenvalue weighted by atomic mass is 10.1. The van der Waals surface area contributed by atoms with Crippen molar-refractivity contribution in [3.63, 3.8) is 0 Å². The van der Waals surface area contributed by atoms with E-state index in [-0.39, 0.29) is 17.4 Å². The Morgan fingerprint density at radius 3 is 2.30 bits per heavy atom. The van der Waals surface area contributed by atoms with Gasteiger partial charge in [0.1, 0.15) is 5.82 Å². The molecule has 1 N–H and O–H groups in total. The number of rotatable bonds is 5. The third-order valence-corrected chi connectivity index (χ3v) is 4.66. The standard InChI is InChI=1S/C21H24FN3O2/c1-2-5-20(26)23-16-8-10-17(11-9-16)24-12-14-25(15-13-24)21(27)18-6-3-4-7-19(18)22/h3-4,6-11H,2,5,12-15H2,1H3,(H,23,26). The predicted octanol–water partition coefficient (Wildman–Crippen LogP) is 3.53. The van der Waals surface area contributed by atoms with E-state index in [4.69, 9.17) is 0 Å². The molecule has 0 spiro atoms. The summed E-state index contributed by atoms with van der Waals surface area (Å²) in [5, 5.41) is 2.87. The van der Waals surface area contributed by atoms with Gasteiger partial charge in [-0.15, -0.1) is 0 Å². The lowest BCUT2D eigenvalue weighted by Gasteiger charge is -2.36. The molecular formula is C21H24FN3O2. The molecule has 142 valence electrons. The SMILES string of the molecule is CCCC(=O)Nc1ccc(N2CCN(C(=O)c3ccccc3F)CC2)cc1. The molecule has 0 unspecified atom stereocenters. The zero-order chi connectivity index (χ0) is 19.2. The second kappa shape index (κ2) is 8.66. The summed E-state index contributed by atoms with van der Waals surface area (Å²) in [5.41, 5.74) is 1.95. The van der Waals surface area contributed by atoms with Crippen LogP contribution in [0.1, 0.15) is 30.1 Å². The van der Waals surface area contributed by atoms with Crippen molar-refractivity contribution in [2.24, 2.45) is 0 Å². The molecule has 0 aromatic heterocycles. The number of piperazine rings is 1. The topological polar surface area (TPSA) is 52.7 Å². The molecule has 1 saturated heterocycles. The van der Waals surface area contributed by atoms with Crippen LogP contribution in [0.3, 0.4) is 0 Å². The first-order valence-electron chi connectivity index (χ1n) is 9.27. The third-order valence-electron chi connectivity index (χ3n) is 4.66. The van der Waals surface area contributed by atoms with Gasteiger partial charge in [0, 0.05) is 44.0 Å². The largest absolute Gasteiger partial charge is 0.368 e. The minimum atomic E-state index is -0.481. The van der Waals surface area contributed by atoms with Gasteiger partial charge in [0.2, 0.25) is 5.91 Å². The van der Waals surface area contributed by atoms with Crippen LogP contribution in [0.5, 0.6) is 0 Å². The lowest BCUT2D eigenvalue weighted by molar-refractivity contribution is -0.116. The van der Waals surface area contributed by atoms with Crippen LogP contribution in [0.25, 0.3) is 0 Å². The molecule has 1 aliphatic heterocycles. The summed E-state index contributed by atoms with van der Waals surface area (Å²) >= 11 is 0. The number of nitrogens with zero attached hydrogens (tertiary/aromatic N) is 2. The molecule has 1 heterocycles. The van der Waals surface area contributed by atoms with Crippen molar-refractivity contribution in [1.29, 1.82) is 0 Å². The third kappa shape index (κ3) is 4.64. The first-order chi connectivity index (χ1) is 13.1. The molecule has 0 saturated carbocycles. The number of amides is 2. The minimum Gasteiger partial charge on any atom is -0.368 e. The molecule has 6 heteroatoms. The monoisotopic (exact) mass is 369 g/mol. The number of carbonyl (C=O) groups is 2. The van der Waals surface area contributed by atoms with E-state index in [2.05, 4.69) is 10.2 Å². The molecular weight excluding hydrogens is 345 g/mol. The van der Waals surface area contributed by atoms with Crippen molar-refractivity contribution in [3.8, 4) is 0 Å². The summed E-state index contributed by atoms with van der Waals surface area (Å²) in [4.78, 5) is 28.0. The van der Waals surface area contributed by atoms with Crippen molar-refractivity contribution >= 4 is 23.2 Å². The maximum atomic E-state index is 13.8. The molecule has 0 aliphatic carbocycles. The Bertz CT molecular complexity index is 799. The smallest absolute Gasteiger partial charge is 0.256 e. The quantitative estimate of drug-likeness (QED) is 0.877. The molecule has 5 nitrogen and oxygen atoms in total. The fourth-order valence-corrected chi connectivity index (χ4v) is 3.18. The molecule has 1 fully saturated rings. The maximum absolute atomic E-state index is 13.8. The lowest BCUT2D eigenvalue weighted by Crippen LogP contribution is -2.49. The number of halogens is 1. The number of hydrogen-bond donors (Lipinski definition) is 1. The Balaban J connectivity index is 1.57. The van der Waals surface area contributed by atoms with Crippen LogP contribution >= 0.6 is 0 Å². The van der Waals surface area contributed by atoms with E-state index >= 15 is 0 Å². The number of benzene rings is 2. The van der Waals surface area contributed by atoms with Gasteiger partial charge in [-0.3, -0.25) is 9.59 Å². The average Bonchev–Trinajstić information content (AvgIpc) is 2.69. The van der Waals surface area contributed by atoms with E-state index in [9.17, 15) is 14.0 Å². The molecule has 0 bridgehead atoms. The van der Waals surface area contributed by atoms with Crippen molar-refractivity contribution in [1.82, 2.24) is 4.90 Å². The fourth-order valence-electron chi connectivity index (χ4n) is 3.18. The van der Waals surface area contributed by atoms with E-state index in [0.29, 0.717) is 32.6 Å². The van der Waals surface area contributed by atoms with Gasteiger partial charge in [0.25, 0.3) is 5.91 Å². The Kier molecular flexibility index (Phi) is 6.06. The van der Waals surface area contributed by atoms with Gasteiger partial charge >= 0.3 is 0 Å². The fraction of sp³-hybridized carbons (Fsp3) is 0.333. The van der Waals surface area contributed by atoms with Crippen LogP contribution in [0.4, 0.5) is 15.8 Å². The van der Waals surface area contributed by atoms with E-state index < -0.39 is 5.82 Å². The summed E-state index contributed by atoms with van der Waals surface area (Å²) in [6.45, 7) is 4.42. The second-order valence-electron chi connectivity index (χ2n) is 6.60. The van der Waals surface area contributed by atoms with Crippen molar-refractivity contribution in [2.45, 2.75) is 19.8 Å². The zero-order valence-electron chi connectivity index (χ0n) is 15.5. The van der Waals surface area contributed by atoms with Crippen molar-refractivity contribution < 1.29 is 14.0 Å². The van der Waals surface area contributed by atoms with E-state index in [1.165, 1.54) is 12.1 Å². The maximum Gasteiger partial charge on any atom is 0.256 e. The second-order valence-corrected chi connectivity index (χ2v) is 6.60. The highest BCUT2D eigenvalue weighted by Gasteiger charge is 2.24. The molecule has 2 aromatic carbocycles. The number of nitrogens with one attached hydrogen (secondary N) is 1.